The second-order valence-electron chi connectivity index (χ2n) is 8.55. The monoisotopic (exact) mass is 439 g/mol. The fraction of sp³-hybridized carbons (Fsp3) is 0.214. The van der Waals surface area contributed by atoms with Crippen molar-refractivity contribution in [3.63, 3.8) is 0 Å². The minimum absolute atomic E-state index is 0.0601. The third-order valence-corrected chi connectivity index (χ3v) is 6.36. The number of amides is 1. The van der Waals surface area contributed by atoms with E-state index in [-0.39, 0.29) is 18.3 Å². The van der Waals surface area contributed by atoms with Crippen LogP contribution < -0.4 is 0 Å². The molecular formula is C28H26FN3O. The lowest BCUT2D eigenvalue weighted by atomic mass is 10.0. The van der Waals surface area contributed by atoms with Crippen molar-refractivity contribution in [3.05, 3.63) is 101 Å². The van der Waals surface area contributed by atoms with Crippen molar-refractivity contribution in [3.8, 4) is 22.5 Å². The molecular weight excluding hydrogens is 413 g/mol. The third kappa shape index (κ3) is 4.44. The van der Waals surface area contributed by atoms with Crippen molar-refractivity contribution in [2.45, 2.75) is 26.3 Å². The maximum Gasteiger partial charge on any atom is 0.244 e. The zero-order valence-electron chi connectivity index (χ0n) is 18.7. The van der Waals surface area contributed by atoms with Gasteiger partial charge in [-0.05, 0) is 66.3 Å². The summed E-state index contributed by atoms with van der Waals surface area (Å²) in [6.07, 6.45) is 1.74. The highest BCUT2D eigenvalue weighted by atomic mass is 19.1. The Balaban J connectivity index is 1.43. The predicted octanol–water partition coefficient (Wildman–Crippen LogP) is 5.29. The Labute approximate surface area is 193 Å². The lowest BCUT2D eigenvalue weighted by Crippen LogP contribution is -2.36. The topological polar surface area (TPSA) is 38.1 Å². The number of aromatic nitrogens is 2. The average Bonchev–Trinajstić information content (AvgIpc) is 3.12. The van der Waals surface area contributed by atoms with Crippen LogP contribution in [0.5, 0.6) is 0 Å². The van der Waals surface area contributed by atoms with Crippen LogP contribution in [0.25, 0.3) is 22.5 Å². The van der Waals surface area contributed by atoms with Gasteiger partial charge in [-0.1, -0.05) is 54.6 Å². The third-order valence-electron chi connectivity index (χ3n) is 6.36. The van der Waals surface area contributed by atoms with Gasteiger partial charge in [0.25, 0.3) is 0 Å². The number of carbonyl (C=O) groups is 1. The van der Waals surface area contributed by atoms with E-state index in [2.05, 4.69) is 24.3 Å². The van der Waals surface area contributed by atoms with Crippen LogP contribution in [0.1, 0.15) is 16.7 Å². The minimum atomic E-state index is -0.237. The molecule has 0 aliphatic carbocycles. The molecule has 3 aromatic carbocycles. The molecule has 0 bridgehead atoms. The summed E-state index contributed by atoms with van der Waals surface area (Å²) in [5.74, 6) is -0.177. The van der Waals surface area contributed by atoms with Gasteiger partial charge in [-0.15, -0.1) is 0 Å². The normalized spacial score (nSPS) is 13.5. The highest BCUT2D eigenvalue weighted by Crippen LogP contribution is 2.27. The predicted molar refractivity (Wildman–Crippen MR) is 128 cm³/mol. The molecule has 0 atom stereocenters. The standard InChI is InChI=1S/C28H26FN3O/c1-20-17-24(11-12-25(20)29)26-18-27(23-9-3-2-4-10-23)32(30-26)19-28(33)31-15-13-21-7-5-6-8-22(21)14-16-31/h2-12,17-18H,13-16,19H2,1H3. The zero-order chi connectivity index (χ0) is 22.8. The van der Waals surface area contributed by atoms with Gasteiger partial charge in [0.15, 0.2) is 0 Å². The van der Waals surface area contributed by atoms with E-state index in [0.29, 0.717) is 18.7 Å². The van der Waals surface area contributed by atoms with E-state index in [4.69, 9.17) is 5.10 Å². The molecule has 1 aliphatic rings. The summed E-state index contributed by atoms with van der Waals surface area (Å²) < 4.78 is 15.6. The average molecular weight is 440 g/mol. The SMILES string of the molecule is Cc1cc(-c2cc(-c3ccccc3)n(CC(=O)N3CCc4ccccc4CC3)n2)ccc1F. The van der Waals surface area contributed by atoms with E-state index in [1.54, 1.807) is 23.7 Å². The number of hydrogen-bond acceptors (Lipinski definition) is 2. The molecule has 5 rings (SSSR count). The van der Waals surface area contributed by atoms with Crippen molar-refractivity contribution < 1.29 is 9.18 Å². The molecule has 4 aromatic rings. The number of fused-ring (bicyclic) bond motifs is 1. The zero-order valence-corrected chi connectivity index (χ0v) is 18.7. The molecule has 4 nitrogen and oxygen atoms in total. The highest BCUT2D eigenvalue weighted by molar-refractivity contribution is 5.78. The minimum Gasteiger partial charge on any atom is -0.340 e. The first-order valence-electron chi connectivity index (χ1n) is 11.3. The largest absolute Gasteiger partial charge is 0.340 e. The molecule has 33 heavy (non-hydrogen) atoms. The molecule has 0 radical (unpaired) electrons. The summed E-state index contributed by atoms with van der Waals surface area (Å²) in [5.41, 5.74) is 6.65. The molecule has 0 N–H and O–H groups in total. The van der Waals surface area contributed by atoms with Crippen molar-refractivity contribution in [2.75, 3.05) is 13.1 Å². The van der Waals surface area contributed by atoms with Crippen LogP contribution in [-0.2, 0) is 24.2 Å². The Morgan fingerprint density at radius 1 is 0.879 bits per heavy atom. The number of halogens is 1. The summed E-state index contributed by atoms with van der Waals surface area (Å²) >= 11 is 0. The second kappa shape index (κ2) is 9.02. The number of nitrogens with zero attached hydrogens (tertiary/aromatic N) is 3. The Morgan fingerprint density at radius 2 is 1.55 bits per heavy atom. The Morgan fingerprint density at radius 3 is 2.21 bits per heavy atom. The van der Waals surface area contributed by atoms with E-state index >= 15 is 0 Å². The number of benzene rings is 3. The fourth-order valence-corrected chi connectivity index (χ4v) is 4.47. The van der Waals surface area contributed by atoms with Crippen LogP contribution in [0, 0.1) is 12.7 Å². The maximum atomic E-state index is 13.8. The summed E-state index contributed by atoms with van der Waals surface area (Å²) in [6, 6.07) is 25.3. The Bertz CT molecular complexity index is 1270. The van der Waals surface area contributed by atoms with Gasteiger partial charge < -0.3 is 4.90 Å². The lowest BCUT2D eigenvalue weighted by Gasteiger charge is -2.21. The van der Waals surface area contributed by atoms with Crippen molar-refractivity contribution in [1.29, 1.82) is 0 Å². The first-order chi connectivity index (χ1) is 16.1. The molecule has 2 heterocycles. The molecule has 5 heteroatoms. The molecule has 1 amide bonds. The fourth-order valence-electron chi connectivity index (χ4n) is 4.47. The van der Waals surface area contributed by atoms with Crippen LogP contribution in [0.4, 0.5) is 4.39 Å². The molecule has 0 spiro atoms. The van der Waals surface area contributed by atoms with Crippen LogP contribution >= 0.6 is 0 Å². The van der Waals surface area contributed by atoms with Crippen LogP contribution in [0.15, 0.2) is 78.9 Å². The highest BCUT2D eigenvalue weighted by Gasteiger charge is 2.21. The van der Waals surface area contributed by atoms with Gasteiger partial charge in [0.05, 0.1) is 11.4 Å². The second-order valence-corrected chi connectivity index (χ2v) is 8.55. The molecule has 166 valence electrons. The van der Waals surface area contributed by atoms with E-state index in [0.717, 1.165) is 35.4 Å². The number of hydrogen-bond donors (Lipinski definition) is 0. The van der Waals surface area contributed by atoms with E-state index in [1.807, 2.05) is 41.3 Å². The smallest absolute Gasteiger partial charge is 0.244 e. The molecule has 0 saturated heterocycles. The number of rotatable bonds is 4. The van der Waals surface area contributed by atoms with Gasteiger partial charge in [0.1, 0.15) is 12.4 Å². The van der Waals surface area contributed by atoms with E-state index in [1.165, 1.54) is 17.2 Å². The van der Waals surface area contributed by atoms with Crippen molar-refractivity contribution in [2.24, 2.45) is 0 Å². The van der Waals surface area contributed by atoms with Crippen LogP contribution in [0.3, 0.4) is 0 Å². The Kier molecular flexibility index (Phi) is 5.78. The summed E-state index contributed by atoms with van der Waals surface area (Å²) in [6.45, 7) is 3.33. The Hall–Kier alpha value is -3.73. The van der Waals surface area contributed by atoms with Crippen molar-refractivity contribution in [1.82, 2.24) is 14.7 Å². The van der Waals surface area contributed by atoms with Crippen molar-refractivity contribution >= 4 is 5.91 Å². The quantitative estimate of drug-likeness (QED) is 0.433. The van der Waals surface area contributed by atoms with Gasteiger partial charge in [-0.3, -0.25) is 9.48 Å². The first-order valence-corrected chi connectivity index (χ1v) is 11.3. The summed E-state index contributed by atoms with van der Waals surface area (Å²) in [4.78, 5) is 15.3. The number of aryl methyl sites for hydroxylation is 1. The lowest BCUT2D eigenvalue weighted by molar-refractivity contribution is -0.131. The first kappa shape index (κ1) is 21.1. The molecule has 0 fully saturated rings. The van der Waals surface area contributed by atoms with Crippen LogP contribution in [0.2, 0.25) is 0 Å². The summed E-state index contributed by atoms with van der Waals surface area (Å²) in [5, 5.41) is 4.77. The number of carbonyl (C=O) groups excluding carboxylic acids is 1. The summed E-state index contributed by atoms with van der Waals surface area (Å²) in [7, 11) is 0. The van der Waals surface area contributed by atoms with Gasteiger partial charge in [0, 0.05) is 18.7 Å². The molecule has 1 aromatic heterocycles. The van der Waals surface area contributed by atoms with E-state index in [9.17, 15) is 9.18 Å². The maximum absolute atomic E-state index is 13.8. The molecule has 0 unspecified atom stereocenters. The molecule has 1 aliphatic heterocycles. The van der Waals surface area contributed by atoms with Gasteiger partial charge in [-0.25, -0.2) is 4.39 Å². The van der Waals surface area contributed by atoms with Gasteiger partial charge in [-0.2, -0.15) is 5.10 Å². The molecule has 0 saturated carbocycles. The van der Waals surface area contributed by atoms with Gasteiger partial charge >= 0.3 is 0 Å². The van der Waals surface area contributed by atoms with Crippen LogP contribution in [-0.4, -0.2) is 33.7 Å². The van der Waals surface area contributed by atoms with E-state index < -0.39 is 0 Å². The van der Waals surface area contributed by atoms with Gasteiger partial charge in [0.2, 0.25) is 5.91 Å².